The summed E-state index contributed by atoms with van der Waals surface area (Å²) in [5.74, 6) is 0.307. The first-order valence-electron chi connectivity index (χ1n) is 7.69. The molecule has 3 rings (SSSR count). The number of thioether (sulfide) groups is 1. The van der Waals surface area contributed by atoms with E-state index in [1.54, 1.807) is 48.5 Å². The third kappa shape index (κ3) is 4.59. The Morgan fingerprint density at radius 2 is 1.85 bits per heavy atom. The van der Waals surface area contributed by atoms with Gasteiger partial charge in [0.2, 0.25) is 0 Å². The lowest BCUT2D eigenvalue weighted by molar-refractivity contribution is -0.138. The van der Waals surface area contributed by atoms with Gasteiger partial charge in [0.25, 0.3) is 0 Å². The Balaban J connectivity index is 2.05. The molecule has 2 aromatic heterocycles. The van der Waals surface area contributed by atoms with E-state index in [1.165, 1.54) is 6.20 Å². The molecule has 3 aromatic rings. The molecule has 3 nitrogen and oxygen atoms in total. The van der Waals surface area contributed by atoms with E-state index < -0.39 is 17.3 Å². The van der Waals surface area contributed by atoms with E-state index in [4.69, 9.17) is 11.6 Å². The van der Waals surface area contributed by atoms with Gasteiger partial charge in [0.1, 0.15) is 16.2 Å². The normalized spacial score (nSPS) is 11.2. The first kappa shape index (κ1) is 19.2. The highest BCUT2D eigenvalue weighted by Gasteiger charge is 2.36. The SMILES string of the molecule is N#Cc1c(C(F)(F)F)cc(-c2ccccc2)nc1SCc1ccc(Cl)nc1. The van der Waals surface area contributed by atoms with Gasteiger partial charge < -0.3 is 0 Å². The second kappa shape index (κ2) is 7.99. The van der Waals surface area contributed by atoms with Crippen molar-refractivity contribution in [2.45, 2.75) is 17.0 Å². The highest BCUT2D eigenvalue weighted by Crippen LogP contribution is 2.38. The molecule has 0 N–H and O–H groups in total. The topological polar surface area (TPSA) is 49.6 Å². The van der Waals surface area contributed by atoms with Crippen molar-refractivity contribution >= 4 is 23.4 Å². The van der Waals surface area contributed by atoms with Crippen molar-refractivity contribution in [2.24, 2.45) is 0 Å². The molecule has 27 heavy (non-hydrogen) atoms. The van der Waals surface area contributed by atoms with E-state index >= 15 is 0 Å². The van der Waals surface area contributed by atoms with Gasteiger partial charge in [-0.25, -0.2) is 9.97 Å². The van der Waals surface area contributed by atoms with Crippen LogP contribution < -0.4 is 0 Å². The summed E-state index contributed by atoms with van der Waals surface area (Å²) in [6, 6.07) is 14.4. The largest absolute Gasteiger partial charge is 0.417 e. The van der Waals surface area contributed by atoms with E-state index in [0.717, 1.165) is 23.4 Å². The van der Waals surface area contributed by atoms with Gasteiger partial charge in [0, 0.05) is 17.5 Å². The fourth-order valence-corrected chi connectivity index (χ4v) is 3.41. The van der Waals surface area contributed by atoms with Crippen LogP contribution in [0.1, 0.15) is 16.7 Å². The number of alkyl halides is 3. The van der Waals surface area contributed by atoms with Gasteiger partial charge in [-0.05, 0) is 17.7 Å². The summed E-state index contributed by atoms with van der Waals surface area (Å²) in [4.78, 5) is 8.26. The maximum Gasteiger partial charge on any atom is 0.417 e. The fourth-order valence-electron chi connectivity index (χ4n) is 2.36. The predicted molar refractivity (Wildman–Crippen MR) is 98.2 cm³/mol. The molecular weight excluding hydrogens is 395 g/mol. The van der Waals surface area contributed by atoms with Crippen molar-refractivity contribution in [3.8, 4) is 17.3 Å². The fraction of sp³-hybridized carbons (Fsp3) is 0.105. The molecule has 0 radical (unpaired) electrons. The average Bonchev–Trinajstić information content (AvgIpc) is 2.66. The van der Waals surface area contributed by atoms with Crippen LogP contribution in [0.4, 0.5) is 13.2 Å². The molecule has 0 saturated carbocycles. The number of nitriles is 1. The Bertz CT molecular complexity index is 984. The minimum absolute atomic E-state index is 0.0288. The molecule has 1 aromatic carbocycles. The maximum atomic E-state index is 13.5. The van der Waals surface area contributed by atoms with Crippen LogP contribution in [0.15, 0.2) is 59.8 Å². The van der Waals surface area contributed by atoms with Crippen molar-refractivity contribution in [1.29, 1.82) is 5.26 Å². The summed E-state index contributed by atoms with van der Waals surface area (Å²) in [6.45, 7) is 0. The molecule has 0 bridgehead atoms. The number of halogens is 4. The van der Waals surface area contributed by atoms with Crippen LogP contribution in [0.2, 0.25) is 5.15 Å². The standard InChI is InChI=1S/C19H11ClF3N3S/c20-17-7-6-12(10-25-17)11-27-18-14(9-24)15(19(21,22)23)8-16(26-18)13-4-2-1-3-5-13/h1-8,10H,11H2. The number of aromatic nitrogens is 2. The summed E-state index contributed by atoms with van der Waals surface area (Å²) in [7, 11) is 0. The summed E-state index contributed by atoms with van der Waals surface area (Å²) >= 11 is 6.79. The lowest BCUT2D eigenvalue weighted by atomic mass is 10.1. The molecule has 136 valence electrons. The predicted octanol–water partition coefficient (Wildman–Crippen LogP) is 5.98. The highest BCUT2D eigenvalue weighted by atomic mass is 35.5. The molecule has 0 saturated heterocycles. The molecule has 0 spiro atoms. The van der Waals surface area contributed by atoms with Crippen LogP contribution >= 0.6 is 23.4 Å². The van der Waals surface area contributed by atoms with Gasteiger partial charge in [0.15, 0.2) is 0 Å². The minimum Gasteiger partial charge on any atom is -0.244 e. The molecule has 0 unspecified atom stereocenters. The van der Waals surface area contributed by atoms with E-state index in [-0.39, 0.29) is 10.7 Å². The third-order valence-corrected chi connectivity index (χ3v) is 4.91. The van der Waals surface area contributed by atoms with Crippen LogP contribution in [0.3, 0.4) is 0 Å². The number of hydrogen-bond acceptors (Lipinski definition) is 4. The van der Waals surface area contributed by atoms with E-state index in [2.05, 4.69) is 9.97 Å². The van der Waals surface area contributed by atoms with E-state index in [1.807, 2.05) is 0 Å². The van der Waals surface area contributed by atoms with E-state index in [0.29, 0.717) is 16.5 Å². The molecule has 0 aliphatic heterocycles. The molecule has 2 heterocycles. The Labute approximate surface area is 162 Å². The number of hydrogen-bond donors (Lipinski definition) is 0. The number of benzene rings is 1. The summed E-state index contributed by atoms with van der Waals surface area (Å²) in [5, 5.41) is 9.68. The van der Waals surface area contributed by atoms with Crippen molar-refractivity contribution < 1.29 is 13.2 Å². The van der Waals surface area contributed by atoms with Gasteiger partial charge in [0.05, 0.1) is 16.8 Å². The smallest absolute Gasteiger partial charge is 0.244 e. The van der Waals surface area contributed by atoms with Crippen LogP contribution in [-0.2, 0) is 11.9 Å². The summed E-state index contributed by atoms with van der Waals surface area (Å²) < 4.78 is 40.5. The van der Waals surface area contributed by atoms with Crippen molar-refractivity contribution in [1.82, 2.24) is 9.97 Å². The number of pyridine rings is 2. The van der Waals surface area contributed by atoms with Gasteiger partial charge in [-0.2, -0.15) is 18.4 Å². The van der Waals surface area contributed by atoms with Gasteiger partial charge in [-0.15, -0.1) is 11.8 Å². The Kier molecular flexibility index (Phi) is 5.68. The summed E-state index contributed by atoms with van der Waals surface area (Å²) in [5.41, 5.74) is -0.000365. The molecule has 0 atom stereocenters. The zero-order valence-electron chi connectivity index (χ0n) is 13.7. The zero-order chi connectivity index (χ0) is 19.4. The average molecular weight is 406 g/mol. The van der Waals surface area contributed by atoms with Gasteiger partial charge >= 0.3 is 6.18 Å². The van der Waals surface area contributed by atoms with Gasteiger partial charge in [-0.3, -0.25) is 0 Å². The Morgan fingerprint density at radius 3 is 2.44 bits per heavy atom. The van der Waals surface area contributed by atoms with Crippen molar-refractivity contribution in [3.63, 3.8) is 0 Å². The van der Waals surface area contributed by atoms with Crippen LogP contribution in [-0.4, -0.2) is 9.97 Å². The maximum absolute atomic E-state index is 13.5. The molecule has 0 fully saturated rings. The second-order valence-electron chi connectivity index (χ2n) is 5.49. The monoisotopic (exact) mass is 405 g/mol. The van der Waals surface area contributed by atoms with Crippen LogP contribution in [0.25, 0.3) is 11.3 Å². The first-order chi connectivity index (χ1) is 12.9. The third-order valence-electron chi connectivity index (χ3n) is 3.64. The minimum atomic E-state index is -4.66. The zero-order valence-corrected chi connectivity index (χ0v) is 15.2. The molecule has 0 amide bonds. The lowest BCUT2D eigenvalue weighted by Gasteiger charge is -2.14. The van der Waals surface area contributed by atoms with E-state index in [9.17, 15) is 18.4 Å². The van der Waals surface area contributed by atoms with Crippen LogP contribution in [0, 0.1) is 11.3 Å². The lowest BCUT2D eigenvalue weighted by Crippen LogP contribution is -2.10. The quantitative estimate of drug-likeness (QED) is 0.395. The van der Waals surface area contributed by atoms with Gasteiger partial charge in [-0.1, -0.05) is 48.0 Å². The molecule has 0 aliphatic rings. The molecule has 0 aliphatic carbocycles. The second-order valence-corrected chi connectivity index (χ2v) is 6.84. The Morgan fingerprint density at radius 1 is 1.11 bits per heavy atom. The molecular formula is C19H11ClF3N3S. The first-order valence-corrected chi connectivity index (χ1v) is 9.06. The van der Waals surface area contributed by atoms with Crippen molar-refractivity contribution in [3.05, 3.63) is 76.6 Å². The molecule has 8 heteroatoms. The summed E-state index contributed by atoms with van der Waals surface area (Å²) in [6.07, 6.45) is -3.12. The van der Waals surface area contributed by atoms with Crippen molar-refractivity contribution in [2.75, 3.05) is 0 Å². The number of rotatable bonds is 4. The Hall–Kier alpha value is -2.56. The highest BCUT2D eigenvalue weighted by molar-refractivity contribution is 7.98. The number of nitrogens with zero attached hydrogens (tertiary/aromatic N) is 3. The van der Waals surface area contributed by atoms with Crippen LogP contribution in [0.5, 0.6) is 0 Å².